The fourth-order valence-electron chi connectivity index (χ4n) is 6.56. The zero-order chi connectivity index (χ0) is 28.7. The van der Waals surface area contributed by atoms with Gasteiger partial charge in [0.1, 0.15) is 0 Å². The average molecular weight is 546 g/mol. The second-order valence-corrected chi connectivity index (χ2v) is 10.8. The van der Waals surface area contributed by atoms with Crippen LogP contribution < -0.4 is 10.4 Å². The minimum absolute atomic E-state index is 0.0168. The quantitative estimate of drug-likeness (QED) is 0.321. The molecule has 0 bridgehead atoms. The largest absolute Gasteiger partial charge is 0.478 e. The molecule has 1 heterocycles. The average Bonchev–Trinajstić information content (AvgIpc) is 2.99. The monoisotopic (exact) mass is 545 g/mol. The lowest BCUT2D eigenvalue weighted by atomic mass is 9.79. The predicted octanol–water partition coefficient (Wildman–Crippen LogP) is 4.22. The standard InChI is InChI=1S/C35H31NO5/c1-20-31(34(38)39)17-23(11-9-21-10-13-24(19-37)36-18-21)33(32(20)35(40)41)30-8-4-7-26-28-14-12-22-5-2-3-6-25(22)27(28)15-16-29(26)30/h2-3,5-6,10,12-13,15-18,37H,4,7-9,11,14,19H2,1H3,(H,38,39)(H,40,41). The molecule has 2 aliphatic carbocycles. The molecule has 0 radical (unpaired) electrons. The maximum Gasteiger partial charge on any atom is 0.336 e. The summed E-state index contributed by atoms with van der Waals surface area (Å²) >= 11 is 0. The molecule has 6 heteroatoms. The van der Waals surface area contributed by atoms with Gasteiger partial charge in [-0.3, -0.25) is 4.98 Å². The summed E-state index contributed by atoms with van der Waals surface area (Å²) in [7, 11) is 0. The first kappa shape index (κ1) is 26.7. The lowest BCUT2D eigenvalue weighted by Gasteiger charge is -2.25. The van der Waals surface area contributed by atoms with E-state index in [1.807, 2.05) is 6.07 Å². The van der Waals surface area contributed by atoms with Gasteiger partial charge in [0.2, 0.25) is 0 Å². The molecule has 2 aliphatic rings. The van der Waals surface area contributed by atoms with Gasteiger partial charge in [-0.2, -0.15) is 0 Å². The van der Waals surface area contributed by atoms with Crippen molar-refractivity contribution in [1.82, 2.24) is 4.98 Å². The first-order chi connectivity index (χ1) is 19.9. The van der Waals surface area contributed by atoms with E-state index in [-0.39, 0.29) is 23.3 Å². The molecule has 0 unspecified atom stereocenters. The van der Waals surface area contributed by atoms with Crippen molar-refractivity contribution in [2.75, 3.05) is 0 Å². The van der Waals surface area contributed by atoms with Crippen LogP contribution in [0.5, 0.6) is 0 Å². The molecule has 3 N–H and O–H groups in total. The normalized spacial score (nSPS) is 13.6. The molecule has 4 aromatic rings. The number of fused-ring (bicyclic) bond motifs is 4. The Hall–Kier alpha value is -4.55. The van der Waals surface area contributed by atoms with Crippen LogP contribution in [-0.4, -0.2) is 32.2 Å². The number of rotatable bonds is 7. The number of aromatic carboxylic acids is 2. The lowest BCUT2D eigenvalue weighted by molar-refractivity contribution is 0.0695. The number of carboxylic acids is 2. The summed E-state index contributed by atoms with van der Waals surface area (Å²) in [5.74, 6) is -2.25. The van der Waals surface area contributed by atoms with Crippen molar-refractivity contribution >= 4 is 23.6 Å². The number of nitrogens with zero attached hydrogens (tertiary/aromatic N) is 1. The van der Waals surface area contributed by atoms with E-state index in [1.165, 1.54) is 26.8 Å². The van der Waals surface area contributed by atoms with Gasteiger partial charge in [0, 0.05) is 6.20 Å². The van der Waals surface area contributed by atoms with E-state index in [9.17, 15) is 24.9 Å². The van der Waals surface area contributed by atoms with Crippen molar-refractivity contribution in [2.24, 2.45) is 0 Å². The summed E-state index contributed by atoms with van der Waals surface area (Å²) in [4.78, 5) is 29.3. The Morgan fingerprint density at radius 2 is 1.68 bits per heavy atom. The van der Waals surface area contributed by atoms with E-state index in [1.54, 1.807) is 25.3 Å². The van der Waals surface area contributed by atoms with Gasteiger partial charge in [-0.1, -0.05) is 48.5 Å². The smallest absolute Gasteiger partial charge is 0.336 e. The van der Waals surface area contributed by atoms with Gasteiger partial charge in [0.15, 0.2) is 0 Å². The summed E-state index contributed by atoms with van der Waals surface area (Å²) in [6.07, 6.45) is 8.36. The molecule has 0 saturated heterocycles. The Bertz CT molecular complexity index is 1940. The van der Waals surface area contributed by atoms with Crippen molar-refractivity contribution < 1.29 is 24.9 Å². The van der Waals surface area contributed by atoms with Gasteiger partial charge < -0.3 is 15.3 Å². The third-order valence-corrected chi connectivity index (χ3v) is 8.53. The van der Waals surface area contributed by atoms with E-state index in [0.717, 1.165) is 42.0 Å². The number of benzene rings is 3. The van der Waals surface area contributed by atoms with Gasteiger partial charge in [0.25, 0.3) is 0 Å². The Morgan fingerprint density at radius 3 is 2.41 bits per heavy atom. The van der Waals surface area contributed by atoms with Crippen LogP contribution >= 0.6 is 0 Å². The van der Waals surface area contributed by atoms with Crippen LogP contribution in [0.25, 0.3) is 11.6 Å². The Morgan fingerprint density at radius 1 is 0.878 bits per heavy atom. The van der Waals surface area contributed by atoms with E-state index in [4.69, 9.17) is 0 Å². The number of pyridine rings is 1. The van der Waals surface area contributed by atoms with Gasteiger partial charge in [-0.15, -0.1) is 0 Å². The van der Waals surface area contributed by atoms with E-state index >= 15 is 0 Å². The molecule has 0 aliphatic heterocycles. The first-order valence-electron chi connectivity index (χ1n) is 14.0. The lowest BCUT2D eigenvalue weighted by Crippen LogP contribution is -2.25. The molecule has 1 aromatic heterocycles. The number of carbonyl (C=O) groups is 2. The molecule has 0 atom stereocenters. The number of aliphatic hydroxyl groups excluding tert-OH is 1. The highest BCUT2D eigenvalue weighted by atomic mass is 16.4. The van der Waals surface area contributed by atoms with Crippen LogP contribution in [0, 0.1) is 17.4 Å². The Labute approximate surface area is 237 Å². The minimum Gasteiger partial charge on any atom is -0.478 e. The van der Waals surface area contributed by atoms with Crippen LogP contribution in [-0.2, 0) is 32.3 Å². The zero-order valence-electron chi connectivity index (χ0n) is 22.9. The van der Waals surface area contributed by atoms with Crippen molar-refractivity contribution in [3.8, 4) is 0 Å². The molecule has 0 fully saturated rings. The highest BCUT2D eigenvalue weighted by Gasteiger charge is 2.27. The predicted molar refractivity (Wildman–Crippen MR) is 156 cm³/mol. The van der Waals surface area contributed by atoms with Gasteiger partial charge in [-0.25, -0.2) is 9.59 Å². The maximum atomic E-state index is 12.8. The summed E-state index contributed by atoms with van der Waals surface area (Å²) in [5.41, 5.74) is 6.78. The highest BCUT2D eigenvalue weighted by Crippen LogP contribution is 2.34. The highest BCUT2D eigenvalue weighted by molar-refractivity contribution is 6.01. The summed E-state index contributed by atoms with van der Waals surface area (Å²) in [6.45, 7) is 1.46. The molecule has 6 nitrogen and oxygen atoms in total. The third kappa shape index (κ3) is 4.74. The Kier molecular flexibility index (Phi) is 7.01. The van der Waals surface area contributed by atoms with Crippen LogP contribution in [0.2, 0.25) is 0 Å². The van der Waals surface area contributed by atoms with Crippen LogP contribution in [0.4, 0.5) is 0 Å². The summed E-state index contributed by atoms with van der Waals surface area (Å²) < 4.78 is 0. The van der Waals surface area contributed by atoms with Crippen molar-refractivity contribution in [2.45, 2.75) is 52.1 Å². The summed E-state index contributed by atoms with van der Waals surface area (Å²) in [6, 6.07) is 18.0. The van der Waals surface area contributed by atoms with E-state index in [0.29, 0.717) is 29.7 Å². The second kappa shape index (κ2) is 10.8. The molecule has 0 spiro atoms. The molecule has 3 aromatic carbocycles. The van der Waals surface area contributed by atoms with E-state index < -0.39 is 11.9 Å². The SMILES string of the molecule is Cc1c(C(=O)O)cc(CCc2ccc(CO)nc2)c(C2=c3ccc4c(c3CCC2)CC=c2ccccc2=4)c1C(=O)O. The van der Waals surface area contributed by atoms with Crippen molar-refractivity contribution in [3.63, 3.8) is 0 Å². The molecular weight excluding hydrogens is 514 g/mol. The topological polar surface area (TPSA) is 108 Å². The number of hydrogen-bond donors (Lipinski definition) is 3. The maximum absolute atomic E-state index is 12.8. The molecular formula is C35H31NO5. The third-order valence-electron chi connectivity index (χ3n) is 8.53. The zero-order valence-corrected chi connectivity index (χ0v) is 22.9. The number of hydrogen-bond acceptors (Lipinski definition) is 4. The van der Waals surface area contributed by atoms with Crippen LogP contribution in [0.1, 0.15) is 72.6 Å². The molecule has 41 heavy (non-hydrogen) atoms. The second-order valence-electron chi connectivity index (χ2n) is 10.8. The number of aliphatic hydroxyl groups is 1. The minimum atomic E-state index is -1.14. The van der Waals surface area contributed by atoms with Gasteiger partial charge in [-0.05, 0) is 117 Å². The van der Waals surface area contributed by atoms with Crippen LogP contribution in [0.15, 0.2) is 60.8 Å². The Balaban J connectivity index is 1.60. The number of aryl methyl sites for hydroxylation is 2. The molecule has 6 rings (SSSR count). The van der Waals surface area contributed by atoms with Crippen LogP contribution in [0.3, 0.4) is 0 Å². The van der Waals surface area contributed by atoms with E-state index in [2.05, 4.69) is 47.5 Å². The number of carboxylic acid groups (broad SMARTS) is 2. The van der Waals surface area contributed by atoms with Gasteiger partial charge in [0.05, 0.1) is 23.4 Å². The van der Waals surface area contributed by atoms with Crippen molar-refractivity contribution in [1.29, 1.82) is 0 Å². The fourth-order valence-corrected chi connectivity index (χ4v) is 6.56. The summed E-state index contributed by atoms with van der Waals surface area (Å²) in [5, 5.41) is 34.5. The van der Waals surface area contributed by atoms with Crippen molar-refractivity contribution in [3.05, 3.63) is 132 Å². The molecule has 206 valence electrons. The fraction of sp³-hybridized carbons (Fsp3) is 0.229. The number of aromatic nitrogens is 1. The molecule has 0 saturated carbocycles. The first-order valence-corrected chi connectivity index (χ1v) is 14.0. The van der Waals surface area contributed by atoms with Gasteiger partial charge >= 0.3 is 11.9 Å². The molecule has 0 amide bonds.